The van der Waals surface area contributed by atoms with E-state index in [9.17, 15) is 4.79 Å². The summed E-state index contributed by atoms with van der Waals surface area (Å²) in [6.07, 6.45) is 2.06. The van der Waals surface area contributed by atoms with E-state index >= 15 is 0 Å². The van der Waals surface area contributed by atoms with Crippen LogP contribution in [0.15, 0.2) is 30.3 Å². The van der Waals surface area contributed by atoms with Gasteiger partial charge in [-0.3, -0.25) is 14.6 Å². The molecule has 2 heterocycles. The summed E-state index contributed by atoms with van der Waals surface area (Å²) in [4.78, 5) is 17.2. The number of benzene rings is 1. The third-order valence-electron chi connectivity index (χ3n) is 5.43. The zero-order valence-electron chi connectivity index (χ0n) is 15.3. The maximum atomic E-state index is 12.5. The number of hydrogen-bond acceptors (Lipinski definition) is 3. The molecular formula is C20H31N3O. The lowest BCUT2D eigenvalue weighted by molar-refractivity contribution is -0.125. The molecule has 2 aliphatic heterocycles. The lowest BCUT2D eigenvalue weighted by atomic mass is 9.77. The highest BCUT2D eigenvalue weighted by atomic mass is 16.2. The first-order chi connectivity index (χ1) is 11.5. The van der Waals surface area contributed by atoms with Gasteiger partial charge in [-0.1, -0.05) is 44.2 Å². The number of carbonyl (C=O) groups excluding carboxylic acids is 1. The Hall–Kier alpha value is -1.39. The van der Waals surface area contributed by atoms with Gasteiger partial charge in [-0.2, -0.15) is 0 Å². The van der Waals surface area contributed by atoms with Gasteiger partial charge in [-0.15, -0.1) is 0 Å². The summed E-state index contributed by atoms with van der Waals surface area (Å²) in [6, 6.07) is 10.7. The van der Waals surface area contributed by atoms with Crippen molar-refractivity contribution in [3.63, 3.8) is 0 Å². The molecule has 2 fully saturated rings. The van der Waals surface area contributed by atoms with Gasteiger partial charge >= 0.3 is 0 Å². The molecule has 0 aromatic heterocycles. The number of likely N-dealkylation sites (tertiary alicyclic amines) is 2. The van der Waals surface area contributed by atoms with Crippen molar-refractivity contribution in [3.8, 4) is 0 Å². The molecule has 0 aliphatic carbocycles. The fourth-order valence-electron chi connectivity index (χ4n) is 4.25. The van der Waals surface area contributed by atoms with Crippen molar-refractivity contribution in [3.05, 3.63) is 35.9 Å². The van der Waals surface area contributed by atoms with Crippen molar-refractivity contribution in [2.45, 2.75) is 39.3 Å². The van der Waals surface area contributed by atoms with Crippen LogP contribution < -0.4 is 5.32 Å². The molecule has 1 spiro atoms. The van der Waals surface area contributed by atoms with E-state index in [0.717, 1.165) is 45.6 Å². The Morgan fingerprint density at radius 2 is 1.96 bits per heavy atom. The van der Waals surface area contributed by atoms with Crippen molar-refractivity contribution < 1.29 is 4.79 Å². The molecular weight excluding hydrogens is 298 g/mol. The minimum atomic E-state index is 0.0519. The summed E-state index contributed by atoms with van der Waals surface area (Å²) in [5.41, 5.74) is 1.70. The number of carbonyl (C=O) groups is 1. The lowest BCUT2D eigenvalue weighted by Crippen LogP contribution is -2.56. The molecule has 2 aliphatic rings. The molecule has 0 bridgehead atoms. The van der Waals surface area contributed by atoms with Crippen molar-refractivity contribution in [1.29, 1.82) is 0 Å². The van der Waals surface area contributed by atoms with Gasteiger partial charge in [0, 0.05) is 38.1 Å². The topological polar surface area (TPSA) is 35.6 Å². The Morgan fingerprint density at radius 1 is 1.25 bits per heavy atom. The largest absolute Gasteiger partial charge is 0.355 e. The normalized spacial score (nSPS) is 23.6. The van der Waals surface area contributed by atoms with Crippen molar-refractivity contribution >= 4 is 5.91 Å². The van der Waals surface area contributed by atoms with Crippen LogP contribution in [0.5, 0.6) is 0 Å². The van der Waals surface area contributed by atoms with Gasteiger partial charge in [0.2, 0.25) is 5.91 Å². The first-order valence-electron chi connectivity index (χ1n) is 9.22. The number of amides is 1. The highest BCUT2D eigenvalue weighted by Crippen LogP contribution is 2.42. The second kappa shape index (κ2) is 7.24. The molecule has 4 heteroatoms. The minimum absolute atomic E-state index is 0.0519. The number of nitrogens with one attached hydrogen (secondary N) is 1. The molecule has 132 valence electrons. The van der Waals surface area contributed by atoms with Gasteiger partial charge in [0.1, 0.15) is 0 Å². The van der Waals surface area contributed by atoms with E-state index in [0.29, 0.717) is 11.3 Å². The van der Waals surface area contributed by atoms with Crippen LogP contribution >= 0.6 is 0 Å². The number of likely N-dealkylation sites (N-methyl/N-ethyl adjacent to an activating group) is 1. The molecule has 24 heavy (non-hydrogen) atoms. The van der Waals surface area contributed by atoms with Crippen molar-refractivity contribution in [2.75, 3.05) is 33.2 Å². The maximum absolute atomic E-state index is 12.5. The van der Waals surface area contributed by atoms with E-state index in [1.165, 1.54) is 5.56 Å². The van der Waals surface area contributed by atoms with Crippen LogP contribution in [0.2, 0.25) is 0 Å². The second-order valence-electron chi connectivity index (χ2n) is 8.24. The van der Waals surface area contributed by atoms with Crippen molar-refractivity contribution in [1.82, 2.24) is 15.1 Å². The van der Waals surface area contributed by atoms with Gasteiger partial charge in [0.15, 0.2) is 0 Å². The molecule has 1 atom stereocenters. The van der Waals surface area contributed by atoms with E-state index in [4.69, 9.17) is 0 Å². The molecule has 2 saturated heterocycles. The highest BCUT2D eigenvalue weighted by molar-refractivity contribution is 5.82. The maximum Gasteiger partial charge on any atom is 0.237 e. The summed E-state index contributed by atoms with van der Waals surface area (Å²) < 4.78 is 0. The van der Waals surface area contributed by atoms with E-state index in [-0.39, 0.29) is 11.9 Å². The summed E-state index contributed by atoms with van der Waals surface area (Å²) in [5.74, 6) is 0.854. The van der Waals surface area contributed by atoms with Gasteiger partial charge in [0.05, 0.1) is 6.04 Å². The van der Waals surface area contributed by atoms with E-state index in [2.05, 4.69) is 66.3 Å². The van der Waals surface area contributed by atoms with Gasteiger partial charge in [-0.05, 0) is 31.4 Å². The molecule has 1 aromatic carbocycles. The average molecular weight is 329 g/mol. The van der Waals surface area contributed by atoms with Crippen LogP contribution in [-0.4, -0.2) is 55.0 Å². The average Bonchev–Trinajstić information content (AvgIpc) is 2.85. The Bertz CT molecular complexity index is 551. The van der Waals surface area contributed by atoms with Crippen LogP contribution in [0, 0.1) is 11.3 Å². The fraction of sp³-hybridized carbons (Fsp3) is 0.650. The molecule has 1 unspecified atom stereocenters. The number of hydrogen-bond donors (Lipinski definition) is 1. The minimum Gasteiger partial charge on any atom is -0.355 e. The fourth-order valence-corrected chi connectivity index (χ4v) is 4.25. The Kier molecular flexibility index (Phi) is 5.26. The van der Waals surface area contributed by atoms with Crippen LogP contribution in [0.4, 0.5) is 0 Å². The van der Waals surface area contributed by atoms with Crippen LogP contribution in [0.3, 0.4) is 0 Å². The predicted molar refractivity (Wildman–Crippen MR) is 97.7 cm³/mol. The molecule has 3 rings (SSSR count). The van der Waals surface area contributed by atoms with E-state index < -0.39 is 0 Å². The SMILES string of the molecule is CC(C)CCNC(=O)C1CC2(CN(Cc3ccccc3)C2)CN1C. The van der Waals surface area contributed by atoms with Gasteiger partial charge in [-0.25, -0.2) is 0 Å². The smallest absolute Gasteiger partial charge is 0.237 e. The first kappa shape index (κ1) is 17.4. The van der Waals surface area contributed by atoms with Crippen LogP contribution in [-0.2, 0) is 11.3 Å². The first-order valence-corrected chi connectivity index (χ1v) is 9.22. The molecule has 4 nitrogen and oxygen atoms in total. The number of rotatable bonds is 6. The van der Waals surface area contributed by atoms with Crippen LogP contribution in [0.25, 0.3) is 0 Å². The predicted octanol–water partition coefficient (Wildman–Crippen LogP) is 2.36. The van der Waals surface area contributed by atoms with Gasteiger partial charge in [0.25, 0.3) is 0 Å². The third-order valence-corrected chi connectivity index (χ3v) is 5.43. The quantitative estimate of drug-likeness (QED) is 0.870. The molecule has 1 amide bonds. The third kappa shape index (κ3) is 3.98. The van der Waals surface area contributed by atoms with Gasteiger partial charge < -0.3 is 5.32 Å². The zero-order valence-corrected chi connectivity index (χ0v) is 15.3. The summed E-state index contributed by atoms with van der Waals surface area (Å²) in [6.45, 7) is 9.48. The Morgan fingerprint density at radius 3 is 2.62 bits per heavy atom. The summed E-state index contributed by atoms with van der Waals surface area (Å²) >= 11 is 0. The zero-order chi connectivity index (χ0) is 17.2. The van der Waals surface area contributed by atoms with E-state index in [1.54, 1.807) is 0 Å². The standard InChI is InChI=1S/C20H31N3O/c1-16(2)9-10-21-19(24)18-11-20(13-22(18)3)14-23(15-20)12-17-7-5-4-6-8-17/h4-8,16,18H,9-15H2,1-3H3,(H,21,24). The highest BCUT2D eigenvalue weighted by Gasteiger charge is 2.51. The summed E-state index contributed by atoms with van der Waals surface area (Å²) in [5, 5.41) is 3.13. The molecule has 0 saturated carbocycles. The lowest BCUT2D eigenvalue weighted by Gasteiger charge is -2.48. The van der Waals surface area contributed by atoms with Crippen LogP contribution in [0.1, 0.15) is 32.3 Å². The second-order valence-corrected chi connectivity index (χ2v) is 8.24. The summed E-state index contributed by atoms with van der Waals surface area (Å²) in [7, 11) is 2.10. The van der Waals surface area contributed by atoms with E-state index in [1.807, 2.05) is 0 Å². The molecule has 0 radical (unpaired) electrons. The molecule has 1 N–H and O–H groups in total. The van der Waals surface area contributed by atoms with Crippen molar-refractivity contribution in [2.24, 2.45) is 11.3 Å². The Labute approximate surface area is 146 Å². The Balaban J connectivity index is 1.47. The number of nitrogens with zero attached hydrogens (tertiary/aromatic N) is 2. The monoisotopic (exact) mass is 329 g/mol. The molecule has 1 aromatic rings.